The van der Waals surface area contributed by atoms with Gasteiger partial charge < -0.3 is 49.0 Å². The zero-order valence-corrected chi connectivity index (χ0v) is 80.2. The first-order valence-electron chi connectivity index (χ1n) is 47.5. The van der Waals surface area contributed by atoms with E-state index in [2.05, 4.69) is 101 Å². The van der Waals surface area contributed by atoms with Crippen LogP contribution >= 0.6 is 0 Å². The highest BCUT2D eigenvalue weighted by Crippen LogP contribution is 2.40. The van der Waals surface area contributed by atoms with Crippen molar-refractivity contribution in [1.82, 2.24) is 90.4 Å². The summed E-state index contributed by atoms with van der Waals surface area (Å²) in [5, 5.41) is 49.2. The molecule has 33 nitrogen and oxygen atoms in total. The molecule has 734 valence electrons. The second kappa shape index (κ2) is 41.6. The van der Waals surface area contributed by atoms with E-state index in [1.165, 1.54) is 61.7 Å². The molecule has 0 bridgehead atoms. The topological polar surface area (TPSA) is 400 Å². The van der Waals surface area contributed by atoms with Crippen molar-refractivity contribution in [2.75, 3.05) is 135 Å². The van der Waals surface area contributed by atoms with Crippen LogP contribution in [0.15, 0.2) is 234 Å². The third-order valence-corrected chi connectivity index (χ3v) is 30.1. The van der Waals surface area contributed by atoms with E-state index in [1.807, 2.05) is 98.5 Å². The van der Waals surface area contributed by atoms with Gasteiger partial charge in [0.25, 0.3) is 11.8 Å². The number of halogens is 3. The first-order valence-corrected chi connectivity index (χ1v) is 49.4. The fourth-order valence-electron chi connectivity index (χ4n) is 19.9. The number of sulfone groups is 1. The van der Waals surface area contributed by atoms with E-state index in [-0.39, 0.29) is 86.1 Å². The molecule has 6 amide bonds. The number of nitrogens with one attached hydrogen (secondary N) is 6. The number of ether oxygens (including phenoxy) is 2. The minimum absolute atomic E-state index is 0.0154. The van der Waals surface area contributed by atoms with Crippen molar-refractivity contribution >= 4 is 101 Å². The van der Waals surface area contributed by atoms with Gasteiger partial charge in [-0.15, -0.1) is 20.4 Å². The minimum Gasteiger partial charge on any atom is -0.421 e. The number of aromatic nitrogens is 12. The number of carbonyl (C=O) groups excluding carboxylic acids is 6. The lowest BCUT2D eigenvalue weighted by Gasteiger charge is -2.33. The summed E-state index contributed by atoms with van der Waals surface area (Å²) in [6, 6.07) is 60.6. The number of carbonyl (C=O) groups is 6. The number of methoxy groups -OCH3 is 2. The van der Waals surface area contributed by atoms with E-state index in [1.54, 1.807) is 109 Å². The van der Waals surface area contributed by atoms with Crippen LogP contribution in [-0.4, -0.2) is 269 Å². The molecule has 37 heteroatoms. The van der Waals surface area contributed by atoms with Crippen LogP contribution in [0, 0.1) is 31.3 Å². The molecule has 0 saturated carbocycles. The van der Waals surface area contributed by atoms with Crippen molar-refractivity contribution in [1.29, 1.82) is 0 Å². The highest BCUT2D eigenvalue weighted by Gasteiger charge is 2.54. The van der Waals surface area contributed by atoms with Gasteiger partial charge in [-0.1, -0.05) is 54.6 Å². The second-order valence-corrected chi connectivity index (χ2v) is 39.5. The van der Waals surface area contributed by atoms with Gasteiger partial charge in [0.2, 0.25) is 47.2 Å². The third-order valence-electron chi connectivity index (χ3n) is 28.2. The summed E-state index contributed by atoms with van der Waals surface area (Å²) < 4.78 is 87.8. The molecule has 5 fully saturated rings. The molecule has 6 aliphatic rings. The molecule has 1 unspecified atom stereocenters. The largest absolute Gasteiger partial charge is 0.421 e. The van der Waals surface area contributed by atoms with E-state index < -0.39 is 31.7 Å². The lowest BCUT2D eigenvalue weighted by atomic mass is 9.89. The number of rotatable bonds is 24. The number of amides is 6. The standard InChI is InChI=1S/C36H34FN7O4S.2C35H36FN7O4/c1-49(47,48)36(35(46)40-29-11-12-31-30(21-29)33(42-41-31)26-7-9-28(37)10-8-26)15-20-43(23-36)22-32(45)44-18-13-25(14-19-44)24-3-5-27(6-4-24)34-38-16-2-17-39-34;2*1-22-38-41-33(47-22)26-5-3-23(4-6-26)24-13-16-43(17-14-24)31(44)20-42-18-15-35(21-42,46-2)34(45)37-28-11-12-30-29(19-28)32(40-39-30)25-7-9-27(36)10-8-25/h2-13,16-17,21H,14-15,18-20,22-23H2,1H3,(H,40,46)(H,41,42);2*3-12,19,24H,13-18,20-21H2,1-2H3,(H,37,45)(H,39,40)/t;2*35-/m.00/s1. The molecule has 6 aromatic heterocycles. The van der Waals surface area contributed by atoms with Gasteiger partial charge in [0.15, 0.2) is 31.6 Å². The molecule has 3 atom stereocenters. The Morgan fingerprint density at radius 1 is 0.427 bits per heavy atom. The molecule has 6 N–H and O–H groups in total. The molecular formula is C106H106F3N21O12S. The van der Waals surface area contributed by atoms with E-state index in [4.69, 9.17) is 18.3 Å². The Bertz CT molecular complexity index is 7060. The molecule has 5 saturated heterocycles. The van der Waals surface area contributed by atoms with Crippen LogP contribution in [0.3, 0.4) is 0 Å². The maximum atomic E-state index is 13.8. The van der Waals surface area contributed by atoms with E-state index in [9.17, 15) is 50.4 Å². The van der Waals surface area contributed by atoms with Gasteiger partial charge in [0.1, 0.15) is 17.5 Å². The highest BCUT2D eigenvalue weighted by atomic mass is 32.2. The molecule has 12 heterocycles. The number of hydrogen-bond acceptors (Lipinski definition) is 24. The van der Waals surface area contributed by atoms with Crippen molar-refractivity contribution in [3.8, 4) is 68.1 Å². The van der Waals surface area contributed by atoms with Crippen molar-refractivity contribution in [2.24, 2.45) is 0 Å². The average molecular weight is 1960 g/mol. The number of aryl methyl sites for hydroxylation is 2. The summed E-state index contributed by atoms with van der Waals surface area (Å²) in [5.74, 6) is 1.35. The highest BCUT2D eigenvalue weighted by molar-refractivity contribution is 7.93. The van der Waals surface area contributed by atoms with Crippen molar-refractivity contribution in [2.45, 2.75) is 93.0 Å². The number of piperidine rings is 2. The van der Waals surface area contributed by atoms with E-state index in [0.717, 1.165) is 92.7 Å². The monoisotopic (exact) mass is 1950 g/mol. The Morgan fingerprint density at radius 3 is 1.16 bits per heavy atom. The number of aromatic amines is 3. The van der Waals surface area contributed by atoms with Gasteiger partial charge >= 0.3 is 0 Å². The molecule has 15 aromatic rings. The van der Waals surface area contributed by atoms with Crippen LogP contribution in [0.4, 0.5) is 30.2 Å². The van der Waals surface area contributed by atoms with Crippen molar-refractivity contribution < 1.29 is 68.7 Å². The fraction of sp³-hybridized carbons (Fsp3) is 0.311. The number of likely N-dealkylation sites (tertiary alicyclic amines) is 5. The number of hydrogen-bond donors (Lipinski definition) is 6. The number of anilines is 3. The lowest BCUT2D eigenvalue weighted by molar-refractivity contribution is -0.138. The van der Waals surface area contributed by atoms with Gasteiger partial charge in [0, 0.05) is 192 Å². The fourth-order valence-corrected chi connectivity index (χ4v) is 21.1. The quantitative estimate of drug-likeness (QED) is 0.0327. The predicted molar refractivity (Wildman–Crippen MR) is 533 cm³/mol. The summed E-state index contributed by atoms with van der Waals surface area (Å²) in [6.07, 6.45) is 11.8. The van der Waals surface area contributed by atoms with Crippen LogP contribution in [0.5, 0.6) is 0 Å². The number of fused-ring (bicyclic) bond motifs is 3. The van der Waals surface area contributed by atoms with Crippen LogP contribution in [0.2, 0.25) is 0 Å². The van der Waals surface area contributed by atoms with Gasteiger partial charge in [-0.3, -0.25) is 58.8 Å². The molecule has 6 aliphatic heterocycles. The molecule has 0 aliphatic carbocycles. The Kier molecular flexibility index (Phi) is 28.1. The summed E-state index contributed by atoms with van der Waals surface area (Å²) in [5.41, 5.74) is 13.3. The zero-order valence-electron chi connectivity index (χ0n) is 79.4. The summed E-state index contributed by atoms with van der Waals surface area (Å²) in [4.78, 5) is 101. The van der Waals surface area contributed by atoms with Crippen LogP contribution in [0.25, 0.3) is 106 Å². The zero-order chi connectivity index (χ0) is 99.3. The summed E-state index contributed by atoms with van der Waals surface area (Å²) >= 11 is 0. The minimum atomic E-state index is -3.87. The Labute approximate surface area is 821 Å². The number of H-pyrrole nitrogens is 3. The van der Waals surface area contributed by atoms with Crippen molar-refractivity contribution in [3.05, 3.63) is 271 Å². The van der Waals surface area contributed by atoms with Crippen molar-refractivity contribution in [3.63, 3.8) is 0 Å². The molecular weight excluding hydrogens is 1850 g/mol. The first-order chi connectivity index (χ1) is 69.2. The van der Waals surface area contributed by atoms with Crippen LogP contribution in [-0.2, 0) is 48.1 Å². The van der Waals surface area contributed by atoms with E-state index >= 15 is 0 Å². The lowest BCUT2D eigenvalue weighted by Crippen LogP contribution is -2.52. The average Bonchev–Trinajstić information content (AvgIpc) is 1.60. The smallest absolute Gasteiger partial charge is 0.258 e. The first kappa shape index (κ1) is 96.7. The molecule has 21 rings (SSSR count). The molecule has 0 spiro atoms. The Balaban J connectivity index is 0.000000136. The van der Waals surface area contributed by atoms with Crippen LogP contribution < -0.4 is 16.0 Å². The Hall–Kier alpha value is -15.2. The number of benzene rings is 9. The Morgan fingerprint density at radius 2 is 0.790 bits per heavy atom. The summed E-state index contributed by atoms with van der Waals surface area (Å²) in [6.45, 7) is 9.75. The van der Waals surface area contributed by atoms with E-state index in [0.29, 0.717) is 177 Å². The normalized spacial score (nSPS) is 18.8. The predicted octanol–water partition coefficient (Wildman–Crippen LogP) is 14.9. The summed E-state index contributed by atoms with van der Waals surface area (Å²) in [7, 11) is -0.795. The second-order valence-electron chi connectivity index (χ2n) is 37.2. The molecule has 0 radical (unpaired) electrons. The number of nitrogens with zero attached hydrogens (tertiary/aromatic N) is 15. The molecule has 9 aromatic carbocycles. The van der Waals surface area contributed by atoms with Gasteiger partial charge in [-0.05, 0) is 243 Å². The van der Waals surface area contributed by atoms with Gasteiger partial charge in [-0.2, -0.15) is 15.3 Å². The SMILES string of the molecule is CO[C@@]1(C(=O)Nc2ccc3[nH]nc(-c4ccc(F)cc4)c3c2)CCN(CC(=O)N2CCC(c3ccc(-c4nnc(C)o4)cc3)CC2)C1.CO[C@@]1(C(=O)Nc2ccc3[nH]nc(-c4ccc(F)cc4)c3c2)CCN(CC(=O)N2CCC(c3ccc(-c4nnc(C)o4)cc3)CC2)C1.CS(=O)(=O)C1(C(=O)Nc2ccc3[nH]nc(-c4ccc(F)cc4)c3c2)CCN(CC(=O)N2CC=C(c3ccc(-c4ncccn4)cc3)CC2)C1. The maximum absolute atomic E-state index is 13.8. The third kappa shape index (κ3) is 21.3. The molecule has 143 heavy (non-hydrogen) atoms. The van der Waals surface area contributed by atoms with Gasteiger partial charge in [0.05, 0.1) is 53.3 Å². The maximum Gasteiger partial charge on any atom is 0.258 e. The van der Waals surface area contributed by atoms with Gasteiger partial charge in [-0.25, -0.2) is 31.6 Å². The van der Waals surface area contributed by atoms with Crippen LogP contribution in [0.1, 0.15) is 91.7 Å².